The predicted molar refractivity (Wildman–Crippen MR) is 127 cm³/mol. The van der Waals surface area contributed by atoms with Crippen LogP contribution in [0.4, 0.5) is 5.69 Å². The second kappa shape index (κ2) is 8.98. The first-order chi connectivity index (χ1) is 15.7. The molecule has 1 aliphatic rings. The van der Waals surface area contributed by atoms with Crippen LogP contribution >= 0.6 is 0 Å². The molecule has 0 aromatic heterocycles. The molecule has 3 aromatic carbocycles. The summed E-state index contributed by atoms with van der Waals surface area (Å²) < 4.78 is 11.3. The number of carboxylic acids is 1. The number of carbonyl (C=O) groups excluding carboxylic acids is 1. The van der Waals surface area contributed by atoms with Gasteiger partial charge < -0.3 is 19.5 Å². The maximum atomic E-state index is 12.7. The van der Waals surface area contributed by atoms with Crippen molar-refractivity contribution in [2.24, 2.45) is 0 Å². The highest BCUT2D eigenvalue weighted by atomic mass is 16.6. The van der Waals surface area contributed by atoms with Gasteiger partial charge in [0.2, 0.25) is 0 Å². The zero-order chi connectivity index (χ0) is 23.6. The molecular formula is C27H27NO5. The molecule has 170 valence electrons. The van der Waals surface area contributed by atoms with E-state index in [4.69, 9.17) is 9.47 Å². The van der Waals surface area contributed by atoms with Gasteiger partial charge in [-0.2, -0.15) is 0 Å². The van der Waals surface area contributed by atoms with Crippen LogP contribution in [0.1, 0.15) is 47.1 Å². The SMILES string of the molecule is CC(C)(C)OC(=O)c1ccccc1-c1ccc(CN2CCOc3cc(C(=O)O)ccc32)cc1. The number of anilines is 1. The number of benzene rings is 3. The van der Waals surface area contributed by atoms with E-state index >= 15 is 0 Å². The summed E-state index contributed by atoms with van der Waals surface area (Å²) in [7, 11) is 0. The average molecular weight is 446 g/mol. The Balaban J connectivity index is 1.54. The number of fused-ring (bicyclic) bond motifs is 1. The third-order valence-corrected chi connectivity index (χ3v) is 5.35. The van der Waals surface area contributed by atoms with E-state index in [0.717, 1.165) is 22.4 Å². The molecule has 1 aliphatic heterocycles. The van der Waals surface area contributed by atoms with Crippen molar-refractivity contribution in [3.63, 3.8) is 0 Å². The highest BCUT2D eigenvalue weighted by Crippen LogP contribution is 2.34. The third kappa shape index (κ3) is 5.17. The molecule has 0 bridgehead atoms. The Morgan fingerprint density at radius 1 is 1.03 bits per heavy atom. The van der Waals surface area contributed by atoms with E-state index in [2.05, 4.69) is 4.90 Å². The molecule has 0 atom stereocenters. The number of ether oxygens (including phenoxy) is 2. The maximum absolute atomic E-state index is 12.7. The van der Waals surface area contributed by atoms with Gasteiger partial charge in [0.25, 0.3) is 0 Å². The van der Waals surface area contributed by atoms with Crippen molar-refractivity contribution in [2.45, 2.75) is 32.9 Å². The lowest BCUT2D eigenvalue weighted by molar-refractivity contribution is 0.00702. The van der Waals surface area contributed by atoms with Crippen LogP contribution in [0.3, 0.4) is 0 Å². The minimum Gasteiger partial charge on any atom is -0.490 e. The predicted octanol–water partition coefficient (Wildman–Crippen LogP) is 5.41. The molecule has 4 rings (SSSR count). The molecule has 0 saturated heterocycles. The Morgan fingerprint density at radius 3 is 2.45 bits per heavy atom. The lowest BCUT2D eigenvalue weighted by Gasteiger charge is -2.31. The molecular weight excluding hydrogens is 418 g/mol. The standard InChI is InChI=1S/C27H27NO5/c1-27(2,3)33-26(31)22-7-5-4-6-21(22)19-10-8-18(9-11-19)17-28-14-15-32-24-16-20(25(29)30)12-13-23(24)28/h4-13,16H,14-15,17H2,1-3H3,(H,29,30). The van der Waals surface area contributed by atoms with E-state index in [-0.39, 0.29) is 11.5 Å². The smallest absolute Gasteiger partial charge is 0.339 e. The van der Waals surface area contributed by atoms with E-state index in [1.165, 1.54) is 0 Å². The zero-order valence-electron chi connectivity index (χ0n) is 19.0. The van der Waals surface area contributed by atoms with Gasteiger partial charge in [0.15, 0.2) is 0 Å². The van der Waals surface area contributed by atoms with Gasteiger partial charge >= 0.3 is 11.9 Å². The topological polar surface area (TPSA) is 76.1 Å². The highest BCUT2D eigenvalue weighted by Gasteiger charge is 2.22. The molecule has 3 aromatic rings. The van der Waals surface area contributed by atoms with Crippen molar-refractivity contribution in [2.75, 3.05) is 18.1 Å². The summed E-state index contributed by atoms with van der Waals surface area (Å²) in [5.41, 5.74) is 3.94. The number of nitrogens with zero attached hydrogens (tertiary/aromatic N) is 1. The van der Waals surface area contributed by atoms with E-state index in [1.807, 2.05) is 63.2 Å². The van der Waals surface area contributed by atoms with Crippen LogP contribution in [0.2, 0.25) is 0 Å². The van der Waals surface area contributed by atoms with Gasteiger partial charge in [-0.05, 0) is 61.7 Å². The Hall–Kier alpha value is -3.80. The summed E-state index contributed by atoms with van der Waals surface area (Å²) in [6.07, 6.45) is 0. The number of hydrogen-bond acceptors (Lipinski definition) is 5. The normalized spacial score (nSPS) is 13.1. The van der Waals surface area contributed by atoms with E-state index in [1.54, 1.807) is 24.3 Å². The van der Waals surface area contributed by atoms with Crippen molar-refractivity contribution in [1.82, 2.24) is 0 Å². The zero-order valence-corrected chi connectivity index (χ0v) is 19.0. The van der Waals surface area contributed by atoms with Crippen molar-refractivity contribution in [1.29, 1.82) is 0 Å². The van der Waals surface area contributed by atoms with Gasteiger partial charge in [-0.25, -0.2) is 9.59 Å². The van der Waals surface area contributed by atoms with E-state index in [9.17, 15) is 14.7 Å². The number of esters is 1. The quantitative estimate of drug-likeness (QED) is 0.530. The first-order valence-corrected chi connectivity index (χ1v) is 10.9. The lowest BCUT2D eigenvalue weighted by atomic mass is 9.98. The van der Waals surface area contributed by atoms with Crippen molar-refractivity contribution >= 4 is 17.6 Å². The van der Waals surface area contributed by atoms with Gasteiger partial charge in [-0.1, -0.05) is 42.5 Å². The molecule has 6 nitrogen and oxygen atoms in total. The monoisotopic (exact) mass is 445 g/mol. The summed E-state index contributed by atoms with van der Waals surface area (Å²) in [4.78, 5) is 26.1. The molecule has 0 amide bonds. The second-order valence-corrected chi connectivity index (χ2v) is 9.00. The molecule has 0 unspecified atom stereocenters. The van der Waals surface area contributed by atoms with Crippen LogP contribution in [0.25, 0.3) is 11.1 Å². The second-order valence-electron chi connectivity index (χ2n) is 9.00. The molecule has 0 spiro atoms. The van der Waals surface area contributed by atoms with Gasteiger partial charge in [0.1, 0.15) is 18.0 Å². The van der Waals surface area contributed by atoms with Gasteiger partial charge in [0.05, 0.1) is 23.4 Å². The summed E-state index contributed by atoms with van der Waals surface area (Å²) in [6.45, 7) is 7.44. The number of rotatable bonds is 5. The molecule has 0 fully saturated rings. The van der Waals surface area contributed by atoms with Crippen molar-refractivity contribution < 1.29 is 24.2 Å². The Kier molecular flexibility index (Phi) is 6.09. The van der Waals surface area contributed by atoms with Crippen LogP contribution in [0.5, 0.6) is 5.75 Å². The number of aromatic carboxylic acids is 1. The summed E-state index contributed by atoms with van der Waals surface area (Å²) in [5.74, 6) is -0.724. The fourth-order valence-electron chi connectivity index (χ4n) is 3.83. The fourth-order valence-corrected chi connectivity index (χ4v) is 3.83. The van der Waals surface area contributed by atoms with E-state index in [0.29, 0.717) is 31.0 Å². The number of carbonyl (C=O) groups is 2. The summed E-state index contributed by atoms with van der Waals surface area (Å²) >= 11 is 0. The number of hydrogen-bond donors (Lipinski definition) is 1. The van der Waals surface area contributed by atoms with Crippen LogP contribution in [0.15, 0.2) is 66.7 Å². The first kappa shape index (κ1) is 22.4. The Morgan fingerprint density at radius 2 is 1.76 bits per heavy atom. The Bertz CT molecular complexity index is 1180. The van der Waals surface area contributed by atoms with Crippen LogP contribution in [-0.4, -0.2) is 35.8 Å². The fraction of sp³-hybridized carbons (Fsp3) is 0.259. The van der Waals surface area contributed by atoms with Gasteiger partial charge in [-0.15, -0.1) is 0 Å². The molecule has 6 heteroatoms. The summed E-state index contributed by atoms with van der Waals surface area (Å²) in [5, 5.41) is 9.22. The van der Waals surface area contributed by atoms with Crippen LogP contribution < -0.4 is 9.64 Å². The van der Waals surface area contributed by atoms with Crippen molar-refractivity contribution in [3.8, 4) is 16.9 Å². The largest absolute Gasteiger partial charge is 0.490 e. The molecule has 0 radical (unpaired) electrons. The Labute approximate surface area is 193 Å². The average Bonchev–Trinajstić information content (AvgIpc) is 2.78. The molecule has 0 aliphatic carbocycles. The van der Waals surface area contributed by atoms with Crippen LogP contribution in [0, 0.1) is 0 Å². The van der Waals surface area contributed by atoms with Crippen molar-refractivity contribution in [3.05, 3.63) is 83.4 Å². The van der Waals surface area contributed by atoms with E-state index < -0.39 is 11.6 Å². The number of carboxylic acid groups (broad SMARTS) is 1. The molecule has 33 heavy (non-hydrogen) atoms. The third-order valence-electron chi connectivity index (χ3n) is 5.35. The van der Waals surface area contributed by atoms with Crippen LogP contribution in [-0.2, 0) is 11.3 Å². The maximum Gasteiger partial charge on any atom is 0.339 e. The molecule has 1 heterocycles. The summed E-state index contributed by atoms with van der Waals surface area (Å²) in [6, 6.07) is 20.5. The minimum absolute atomic E-state index is 0.212. The lowest BCUT2D eigenvalue weighted by Crippen LogP contribution is -2.32. The van der Waals surface area contributed by atoms with Gasteiger partial charge in [0, 0.05) is 6.54 Å². The molecule has 0 saturated carbocycles. The minimum atomic E-state index is -0.972. The van der Waals surface area contributed by atoms with Gasteiger partial charge in [-0.3, -0.25) is 0 Å². The first-order valence-electron chi connectivity index (χ1n) is 10.9. The molecule has 1 N–H and O–H groups in total. The highest BCUT2D eigenvalue weighted by molar-refractivity contribution is 5.97.